The van der Waals surface area contributed by atoms with E-state index in [1.54, 1.807) is 16.7 Å². The van der Waals surface area contributed by atoms with Crippen LogP contribution >= 0.6 is 23.4 Å². The summed E-state index contributed by atoms with van der Waals surface area (Å²) in [6, 6.07) is 12.7. The Kier molecular flexibility index (Phi) is 6.42. The standard InChI is InChI=1S/C21H22ClN3O2S/c1-13(2)11-25-20(27)15-8-4-5-10-17(15)23-21(25)28-12-18(26)24-19-14(3)7-6-9-16(19)22/h4-10,13H,11-12H2,1-3H3,(H,24,26). The highest BCUT2D eigenvalue weighted by atomic mass is 35.5. The van der Waals surface area contributed by atoms with Gasteiger partial charge in [0.05, 0.1) is 27.4 Å². The van der Waals surface area contributed by atoms with Gasteiger partial charge in [-0.05, 0) is 36.6 Å². The van der Waals surface area contributed by atoms with Gasteiger partial charge in [-0.25, -0.2) is 4.98 Å². The van der Waals surface area contributed by atoms with Crippen LogP contribution in [-0.4, -0.2) is 21.2 Å². The Balaban J connectivity index is 1.85. The number of aromatic nitrogens is 2. The lowest BCUT2D eigenvalue weighted by Crippen LogP contribution is -2.26. The molecular weight excluding hydrogens is 394 g/mol. The number of hydrogen-bond acceptors (Lipinski definition) is 4. The van der Waals surface area contributed by atoms with Gasteiger partial charge in [-0.3, -0.25) is 14.2 Å². The summed E-state index contributed by atoms with van der Waals surface area (Å²) in [5.41, 5.74) is 2.06. The quantitative estimate of drug-likeness (QED) is 0.466. The molecule has 3 aromatic rings. The summed E-state index contributed by atoms with van der Waals surface area (Å²) in [4.78, 5) is 30.0. The highest BCUT2D eigenvalue weighted by Gasteiger charge is 2.15. The molecule has 7 heteroatoms. The van der Waals surface area contributed by atoms with Crippen LogP contribution in [0.25, 0.3) is 10.9 Å². The Labute approximate surface area is 173 Å². The van der Waals surface area contributed by atoms with Gasteiger partial charge >= 0.3 is 0 Å². The van der Waals surface area contributed by atoms with Crippen LogP contribution in [-0.2, 0) is 11.3 Å². The molecule has 1 heterocycles. The number of thioether (sulfide) groups is 1. The molecule has 1 amide bonds. The molecule has 0 fully saturated rings. The highest BCUT2D eigenvalue weighted by molar-refractivity contribution is 7.99. The van der Waals surface area contributed by atoms with E-state index in [4.69, 9.17) is 11.6 Å². The maximum Gasteiger partial charge on any atom is 0.262 e. The molecule has 1 N–H and O–H groups in total. The third-order valence-corrected chi connectivity index (χ3v) is 5.48. The molecule has 0 atom stereocenters. The molecule has 0 radical (unpaired) electrons. The van der Waals surface area contributed by atoms with Crippen LogP contribution in [0.1, 0.15) is 19.4 Å². The summed E-state index contributed by atoms with van der Waals surface area (Å²) in [5, 5.41) is 4.48. The topological polar surface area (TPSA) is 64.0 Å². The summed E-state index contributed by atoms with van der Waals surface area (Å²) < 4.78 is 1.66. The zero-order valence-electron chi connectivity index (χ0n) is 16.0. The monoisotopic (exact) mass is 415 g/mol. The van der Waals surface area contributed by atoms with Crippen LogP contribution in [0.2, 0.25) is 5.02 Å². The average Bonchev–Trinajstić information content (AvgIpc) is 2.65. The molecular formula is C21H22ClN3O2S. The fourth-order valence-corrected chi connectivity index (χ4v) is 3.96. The molecule has 0 saturated heterocycles. The zero-order valence-corrected chi connectivity index (χ0v) is 17.6. The molecule has 5 nitrogen and oxygen atoms in total. The molecule has 0 aliphatic heterocycles. The summed E-state index contributed by atoms with van der Waals surface area (Å²) in [7, 11) is 0. The average molecular weight is 416 g/mol. The van der Waals surface area contributed by atoms with Gasteiger partial charge in [-0.15, -0.1) is 0 Å². The van der Waals surface area contributed by atoms with Crippen molar-refractivity contribution in [1.29, 1.82) is 0 Å². The molecule has 28 heavy (non-hydrogen) atoms. The van der Waals surface area contributed by atoms with Crippen molar-refractivity contribution in [2.45, 2.75) is 32.5 Å². The predicted molar refractivity (Wildman–Crippen MR) is 116 cm³/mol. The van der Waals surface area contributed by atoms with Gasteiger partial charge in [-0.2, -0.15) is 0 Å². The predicted octanol–water partition coefficient (Wildman–Crippen LogP) is 4.75. The number of nitrogens with zero attached hydrogens (tertiary/aromatic N) is 2. The summed E-state index contributed by atoms with van der Waals surface area (Å²) >= 11 is 7.43. The van der Waals surface area contributed by atoms with Crippen molar-refractivity contribution in [1.82, 2.24) is 9.55 Å². The van der Waals surface area contributed by atoms with E-state index >= 15 is 0 Å². The van der Waals surface area contributed by atoms with Crippen LogP contribution in [0.5, 0.6) is 0 Å². The number of halogens is 1. The van der Waals surface area contributed by atoms with Crippen LogP contribution in [0, 0.1) is 12.8 Å². The number of benzene rings is 2. The van der Waals surface area contributed by atoms with Crippen LogP contribution in [0.4, 0.5) is 5.69 Å². The van der Waals surface area contributed by atoms with E-state index in [9.17, 15) is 9.59 Å². The number of rotatable bonds is 6. The van der Waals surface area contributed by atoms with Gasteiger partial charge in [0.1, 0.15) is 0 Å². The third-order valence-electron chi connectivity index (χ3n) is 4.19. The van der Waals surface area contributed by atoms with Gasteiger partial charge < -0.3 is 5.32 Å². The first-order chi connectivity index (χ1) is 13.4. The van der Waals surface area contributed by atoms with Crippen LogP contribution < -0.4 is 10.9 Å². The molecule has 146 valence electrons. The number of fused-ring (bicyclic) bond motifs is 1. The number of carbonyl (C=O) groups excluding carboxylic acids is 1. The maximum atomic E-state index is 12.9. The number of anilines is 1. The zero-order chi connectivity index (χ0) is 20.3. The molecule has 0 spiro atoms. The third kappa shape index (κ3) is 4.56. The van der Waals surface area contributed by atoms with Gasteiger partial charge in [-0.1, -0.05) is 61.5 Å². The molecule has 0 saturated carbocycles. The van der Waals surface area contributed by atoms with E-state index in [0.717, 1.165) is 5.56 Å². The van der Waals surface area contributed by atoms with Gasteiger partial charge in [0.15, 0.2) is 5.16 Å². The Morgan fingerprint density at radius 1 is 1.21 bits per heavy atom. The second kappa shape index (κ2) is 8.80. The first-order valence-electron chi connectivity index (χ1n) is 9.04. The highest BCUT2D eigenvalue weighted by Crippen LogP contribution is 2.26. The lowest BCUT2D eigenvalue weighted by atomic mass is 10.2. The Bertz CT molecular complexity index is 1060. The summed E-state index contributed by atoms with van der Waals surface area (Å²) in [6.45, 7) is 6.52. The second-order valence-corrected chi connectivity index (χ2v) is 8.34. The van der Waals surface area contributed by atoms with Crippen molar-refractivity contribution < 1.29 is 4.79 Å². The van der Waals surface area contributed by atoms with Crippen molar-refractivity contribution in [2.24, 2.45) is 5.92 Å². The lowest BCUT2D eigenvalue weighted by molar-refractivity contribution is -0.113. The fraction of sp³-hybridized carbons (Fsp3) is 0.286. The van der Waals surface area contributed by atoms with Crippen molar-refractivity contribution in [2.75, 3.05) is 11.1 Å². The molecule has 0 aliphatic rings. The van der Waals surface area contributed by atoms with E-state index in [-0.39, 0.29) is 23.1 Å². The first-order valence-corrected chi connectivity index (χ1v) is 10.4. The normalized spacial score (nSPS) is 11.2. The van der Waals surface area contributed by atoms with E-state index in [2.05, 4.69) is 10.3 Å². The Hall–Kier alpha value is -2.31. The maximum absolute atomic E-state index is 12.9. The number of para-hydroxylation sites is 2. The minimum absolute atomic E-state index is 0.0795. The summed E-state index contributed by atoms with van der Waals surface area (Å²) in [5.74, 6) is 0.215. The SMILES string of the molecule is Cc1cccc(Cl)c1NC(=O)CSc1nc2ccccc2c(=O)n1CC(C)C. The van der Waals surface area contributed by atoms with E-state index in [1.807, 2.05) is 51.1 Å². The van der Waals surface area contributed by atoms with E-state index in [0.29, 0.717) is 33.3 Å². The fourth-order valence-electron chi connectivity index (χ4n) is 2.88. The lowest BCUT2D eigenvalue weighted by Gasteiger charge is -2.15. The van der Waals surface area contributed by atoms with Crippen LogP contribution in [0.3, 0.4) is 0 Å². The van der Waals surface area contributed by atoms with Crippen molar-refractivity contribution in [3.8, 4) is 0 Å². The Morgan fingerprint density at radius 2 is 1.96 bits per heavy atom. The number of nitrogens with one attached hydrogen (secondary N) is 1. The molecule has 0 unspecified atom stereocenters. The smallest absolute Gasteiger partial charge is 0.262 e. The number of carbonyl (C=O) groups is 1. The second-order valence-electron chi connectivity index (χ2n) is 6.99. The molecule has 0 aliphatic carbocycles. The van der Waals surface area contributed by atoms with E-state index in [1.165, 1.54) is 11.8 Å². The number of aryl methyl sites for hydroxylation is 1. The van der Waals surface area contributed by atoms with E-state index < -0.39 is 0 Å². The van der Waals surface area contributed by atoms with Gasteiger partial charge in [0, 0.05) is 6.54 Å². The minimum atomic E-state index is -0.195. The van der Waals surface area contributed by atoms with Crippen molar-refractivity contribution in [3.05, 3.63) is 63.4 Å². The van der Waals surface area contributed by atoms with Crippen molar-refractivity contribution >= 4 is 45.9 Å². The largest absolute Gasteiger partial charge is 0.324 e. The molecule has 1 aromatic heterocycles. The molecule has 0 bridgehead atoms. The number of amides is 1. The minimum Gasteiger partial charge on any atom is -0.324 e. The Morgan fingerprint density at radius 3 is 2.68 bits per heavy atom. The summed E-state index contributed by atoms with van der Waals surface area (Å²) in [6.07, 6.45) is 0. The van der Waals surface area contributed by atoms with Gasteiger partial charge in [0.2, 0.25) is 5.91 Å². The number of hydrogen-bond donors (Lipinski definition) is 1. The molecule has 2 aromatic carbocycles. The first kappa shape index (κ1) is 20.4. The molecule has 3 rings (SSSR count). The van der Waals surface area contributed by atoms with Crippen LogP contribution in [0.15, 0.2) is 52.4 Å². The van der Waals surface area contributed by atoms with Gasteiger partial charge in [0.25, 0.3) is 5.56 Å². The van der Waals surface area contributed by atoms with Crippen molar-refractivity contribution in [3.63, 3.8) is 0 Å².